The minimum absolute atomic E-state index is 0.0626. The van der Waals surface area contributed by atoms with Gasteiger partial charge in [-0.3, -0.25) is 9.69 Å². The molecule has 1 aliphatic rings. The molecule has 1 aromatic rings. The minimum atomic E-state index is 0.0626. The third kappa shape index (κ3) is 3.49. The molecule has 0 bridgehead atoms. The zero-order chi connectivity index (χ0) is 14.4. The van der Waals surface area contributed by atoms with Crippen LogP contribution in [0.1, 0.15) is 16.8 Å². The van der Waals surface area contributed by atoms with E-state index >= 15 is 0 Å². The molecule has 1 aromatic carbocycles. The second-order valence-electron chi connectivity index (χ2n) is 4.77. The fourth-order valence-electron chi connectivity index (χ4n) is 2.30. The molecule has 1 fully saturated rings. The SMILES string of the molecule is COc1ccc(C(=O)N2CCN(CCC#N)CC2)cc1. The van der Waals surface area contributed by atoms with Gasteiger partial charge in [0.05, 0.1) is 13.2 Å². The highest BCUT2D eigenvalue weighted by atomic mass is 16.5. The number of nitrogens with zero attached hydrogens (tertiary/aromatic N) is 3. The molecule has 0 unspecified atom stereocenters. The smallest absolute Gasteiger partial charge is 0.253 e. The Morgan fingerprint density at radius 2 is 1.90 bits per heavy atom. The Morgan fingerprint density at radius 3 is 2.45 bits per heavy atom. The number of ether oxygens (including phenoxy) is 1. The number of rotatable bonds is 4. The van der Waals surface area contributed by atoms with Crippen molar-refractivity contribution >= 4 is 5.91 Å². The van der Waals surface area contributed by atoms with Crippen LogP contribution in [-0.4, -0.2) is 55.5 Å². The first-order chi connectivity index (χ1) is 9.74. The third-order valence-corrected chi connectivity index (χ3v) is 3.54. The molecule has 106 valence electrons. The van der Waals surface area contributed by atoms with Gasteiger partial charge < -0.3 is 9.64 Å². The number of carbonyl (C=O) groups is 1. The maximum atomic E-state index is 12.3. The molecule has 2 rings (SSSR count). The minimum Gasteiger partial charge on any atom is -0.497 e. The van der Waals surface area contributed by atoms with Gasteiger partial charge >= 0.3 is 0 Å². The summed E-state index contributed by atoms with van der Waals surface area (Å²) >= 11 is 0. The average molecular weight is 273 g/mol. The van der Waals surface area contributed by atoms with E-state index in [4.69, 9.17) is 10.00 Å². The van der Waals surface area contributed by atoms with Gasteiger partial charge in [0, 0.05) is 44.7 Å². The standard InChI is InChI=1S/C15H19N3O2/c1-20-14-5-3-13(4-6-14)15(19)18-11-9-17(10-12-18)8-2-7-16/h3-6H,2,8-12H2,1H3. The van der Waals surface area contributed by atoms with Crippen molar-refractivity contribution < 1.29 is 9.53 Å². The maximum absolute atomic E-state index is 12.3. The molecule has 1 aliphatic heterocycles. The molecule has 1 saturated heterocycles. The summed E-state index contributed by atoms with van der Waals surface area (Å²) in [4.78, 5) is 16.4. The molecular formula is C15H19N3O2. The highest BCUT2D eigenvalue weighted by Gasteiger charge is 2.21. The van der Waals surface area contributed by atoms with Gasteiger partial charge in [-0.15, -0.1) is 0 Å². The molecule has 1 amide bonds. The molecule has 0 atom stereocenters. The summed E-state index contributed by atoms with van der Waals surface area (Å²) < 4.78 is 5.09. The van der Waals surface area contributed by atoms with E-state index < -0.39 is 0 Å². The van der Waals surface area contributed by atoms with Gasteiger partial charge in [-0.1, -0.05) is 0 Å². The molecule has 0 saturated carbocycles. The van der Waals surface area contributed by atoms with Gasteiger partial charge in [-0.05, 0) is 24.3 Å². The van der Waals surface area contributed by atoms with Crippen molar-refractivity contribution in [2.75, 3.05) is 39.8 Å². The zero-order valence-electron chi connectivity index (χ0n) is 11.7. The molecule has 0 radical (unpaired) electrons. The Balaban J connectivity index is 1.89. The molecule has 0 aromatic heterocycles. The second kappa shape index (κ2) is 6.92. The number of hydrogen-bond donors (Lipinski definition) is 0. The van der Waals surface area contributed by atoms with Crippen molar-refractivity contribution in [3.63, 3.8) is 0 Å². The second-order valence-corrected chi connectivity index (χ2v) is 4.77. The fraction of sp³-hybridized carbons (Fsp3) is 0.467. The zero-order valence-corrected chi connectivity index (χ0v) is 11.7. The topological polar surface area (TPSA) is 56.6 Å². The summed E-state index contributed by atoms with van der Waals surface area (Å²) in [6.45, 7) is 3.90. The summed E-state index contributed by atoms with van der Waals surface area (Å²) in [5, 5.41) is 8.58. The lowest BCUT2D eigenvalue weighted by Crippen LogP contribution is -2.48. The Kier molecular flexibility index (Phi) is 4.97. The van der Waals surface area contributed by atoms with Crippen LogP contribution in [0.5, 0.6) is 5.75 Å². The van der Waals surface area contributed by atoms with E-state index in [-0.39, 0.29) is 5.91 Å². The van der Waals surface area contributed by atoms with Crippen molar-refractivity contribution in [2.45, 2.75) is 6.42 Å². The van der Waals surface area contributed by atoms with Crippen LogP contribution in [0.25, 0.3) is 0 Å². The van der Waals surface area contributed by atoms with Gasteiger partial charge in [-0.25, -0.2) is 0 Å². The number of carbonyl (C=O) groups excluding carboxylic acids is 1. The molecule has 0 spiro atoms. The predicted molar refractivity (Wildman–Crippen MR) is 75.6 cm³/mol. The van der Waals surface area contributed by atoms with Crippen LogP contribution >= 0.6 is 0 Å². The van der Waals surface area contributed by atoms with E-state index in [9.17, 15) is 4.79 Å². The Hall–Kier alpha value is -2.06. The third-order valence-electron chi connectivity index (χ3n) is 3.54. The number of hydrogen-bond acceptors (Lipinski definition) is 4. The fourth-order valence-corrected chi connectivity index (χ4v) is 2.30. The first kappa shape index (κ1) is 14.4. The summed E-state index contributed by atoms with van der Waals surface area (Å²) in [6, 6.07) is 9.35. The first-order valence-corrected chi connectivity index (χ1v) is 6.77. The molecule has 0 aliphatic carbocycles. The van der Waals surface area contributed by atoms with Crippen LogP contribution in [-0.2, 0) is 0 Å². The van der Waals surface area contributed by atoms with Crippen LogP contribution in [0.2, 0.25) is 0 Å². The van der Waals surface area contributed by atoms with Crippen LogP contribution in [0.4, 0.5) is 0 Å². The lowest BCUT2D eigenvalue weighted by Gasteiger charge is -2.34. The van der Waals surface area contributed by atoms with E-state index in [1.54, 1.807) is 31.4 Å². The quantitative estimate of drug-likeness (QED) is 0.831. The Bertz CT molecular complexity index is 485. The van der Waals surface area contributed by atoms with Crippen LogP contribution in [0, 0.1) is 11.3 Å². The highest BCUT2D eigenvalue weighted by molar-refractivity contribution is 5.94. The van der Waals surface area contributed by atoms with Crippen LogP contribution in [0.15, 0.2) is 24.3 Å². The number of benzene rings is 1. The van der Waals surface area contributed by atoms with Crippen LogP contribution < -0.4 is 4.74 Å². The van der Waals surface area contributed by atoms with Crippen LogP contribution in [0.3, 0.4) is 0 Å². The molecule has 1 heterocycles. The summed E-state index contributed by atoms with van der Waals surface area (Å²) in [5.41, 5.74) is 0.691. The number of methoxy groups -OCH3 is 1. The molecule has 20 heavy (non-hydrogen) atoms. The van der Waals surface area contributed by atoms with Gasteiger partial charge in [0.15, 0.2) is 0 Å². The summed E-state index contributed by atoms with van der Waals surface area (Å²) in [7, 11) is 1.61. The number of amides is 1. The van der Waals surface area contributed by atoms with Crippen molar-refractivity contribution in [2.24, 2.45) is 0 Å². The molecule has 5 heteroatoms. The molecule has 0 N–H and O–H groups in total. The normalized spacial score (nSPS) is 15.7. The maximum Gasteiger partial charge on any atom is 0.253 e. The predicted octanol–water partition coefficient (Wildman–Crippen LogP) is 1.37. The number of nitriles is 1. The molecule has 5 nitrogen and oxygen atoms in total. The van der Waals surface area contributed by atoms with E-state index in [0.717, 1.165) is 38.5 Å². The first-order valence-electron chi connectivity index (χ1n) is 6.77. The highest BCUT2D eigenvalue weighted by Crippen LogP contribution is 2.14. The van der Waals surface area contributed by atoms with E-state index in [1.807, 2.05) is 4.90 Å². The summed E-state index contributed by atoms with van der Waals surface area (Å²) in [6.07, 6.45) is 0.548. The number of piperazine rings is 1. The van der Waals surface area contributed by atoms with Gasteiger partial charge in [0.1, 0.15) is 5.75 Å². The van der Waals surface area contributed by atoms with E-state index in [2.05, 4.69) is 11.0 Å². The largest absolute Gasteiger partial charge is 0.497 e. The lowest BCUT2D eigenvalue weighted by molar-refractivity contribution is 0.0639. The Labute approximate surface area is 119 Å². The average Bonchev–Trinajstić information content (AvgIpc) is 2.53. The van der Waals surface area contributed by atoms with E-state index in [1.165, 1.54) is 0 Å². The van der Waals surface area contributed by atoms with Gasteiger partial charge in [0.2, 0.25) is 0 Å². The van der Waals surface area contributed by atoms with Crippen molar-refractivity contribution in [3.05, 3.63) is 29.8 Å². The van der Waals surface area contributed by atoms with Gasteiger partial charge in [-0.2, -0.15) is 5.26 Å². The lowest BCUT2D eigenvalue weighted by atomic mass is 10.1. The summed E-state index contributed by atoms with van der Waals surface area (Å²) in [5.74, 6) is 0.815. The van der Waals surface area contributed by atoms with E-state index in [0.29, 0.717) is 12.0 Å². The van der Waals surface area contributed by atoms with Crippen molar-refractivity contribution in [1.82, 2.24) is 9.80 Å². The monoisotopic (exact) mass is 273 g/mol. The molecular weight excluding hydrogens is 254 g/mol. The Morgan fingerprint density at radius 1 is 1.25 bits per heavy atom. The van der Waals surface area contributed by atoms with Crippen molar-refractivity contribution in [1.29, 1.82) is 5.26 Å². The van der Waals surface area contributed by atoms with Gasteiger partial charge in [0.25, 0.3) is 5.91 Å². The van der Waals surface area contributed by atoms with Crippen molar-refractivity contribution in [3.8, 4) is 11.8 Å².